The van der Waals surface area contributed by atoms with Crippen LogP contribution in [-0.2, 0) is 4.74 Å². The van der Waals surface area contributed by atoms with Gasteiger partial charge in [0.2, 0.25) is 0 Å². The van der Waals surface area contributed by atoms with Crippen molar-refractivity contribution >= 4 is 33.4 Å². The second kappa shape index (κ2) is 6.13. The molecule has 0 unspecified atom stereocenters. The number of benzene rings is 1. The molecule has 1 fully saturated rings. The number of carbonyl (C=O) groups is 1. The van der Waals surface area contributed by atoms with Gasteiger partial charge in [-0.05, 0) is 61.3 Å². The summed E-state index contributed by atoms with van der Waals surface area (Å²) < 4.78 is 6.18. The van der Waals surface area contributed by atoms with Crippen LogP contribution in [-0.4, -0.2) is 30.8 Å². The van der Waals surface area contributed by atoms with Crippen LogP contribution in [0.4, 0.5) is 16.2 Å². The van der Waals surface area contributed by atoms with Crippen molar-refractivity contribution in [2.75, 3.05) is 23.7 Å². The molecular formula is C15H22BrN3O2. The quantitative estimate of drug-likeness (QED) is 0.799. The van der Waals surface area contributed by atoms with Gasteiger partial charge in [-0.1, -0.05) is 0 Å². The van der Waals surface area contributed by atoms with Crippen LogP contribution in [0.5, 0.6) is 0 Å². The molecule has 0 bridgehead atoms. The van der Waals surface area contributed by atoms with Crippen LogP contribution in [0.25, 0.3) is 0 Å². The summed E-state index contributed by atoms with van der Waals surface area (Å²) >= 11 is 3.44. The topological polar surface area (TPSA) is 67.6 Å². The number of nitrogen functional groups attached to an aromatic ring is 1. The standard InChI is InChI=1S/C15H22BrN3O2/c1-15(2,3)21-14(20)18-10-6-7-19(9-10)11-4-5-13(17)12(16)8-11/h4-5,8,10H,6-7,9,17H2,1-3H3,(H,18,20)/t10-/m0/s1. The van der Waals surface area contributed by atoms with Crippen molar-refractivity contribution in [1.29, 1.82) is 0 Å². The Bertz CT molecular complexity index is 528. The second-order valence-corrected chi connectivity index (χ2v) is 7.14. The number of hydrogen-bond acceptors (Lipinski definition) is 4. The summed E-state index contributed by atoms with van der Waals surface area (Å²) in [6, 6.07) is 5.99. The Hall–Kier alpha value is -1.43. The molecule has 21 heavy (non-hydrogen) atoms. The molecule has 2 rings (SSSR count). The van der Waals surface area contributed by atoms with Crippen molar-refractivity contribution in [3.63, 3.8) is 0 Å². The van der Waals surface area contributed by atoms with Gasteiger partial charge >= 0.3 is 6.09 Å². The minimum Gasteiger partial charge on any atom is -0.444 e. The van der Waals surface area contributed by atoms with Gasteiger partial charge in [-0.3, -0.25) is 0 Å². The van der Waals surface area contributed by atoms with Crippen LogP contribution < -0.4 is 16.0 Å². The number of nitrogens with zero attached hydrogens (tertiary/aromatic N) is 1. The molecule has 3 N–H and O–H groups in total. The van der Waals surface area contributed by atoms with Gasteiger partial charge in [0.1, 0.15) is 5.60 Å². The number of ether oxygens (including phenoxy) is 1. The minimum absolute atomic E-state index is 0.108. The van der Waals surface area contributed by atoms with E-state index in [2.05, 4.69) is 26.1 Å². The first-order valence-corrected chi connectivity index (χ1v) is 7.83. The Kier molecular flexibility index (Phi) is 4.66. The number of alkyl carbamates (subject to hydrolysis) is 1. The third-order valence-corrected chi connectivity index (χ3v) is 3.95. The first-order valence-electron chi connectivity index (χ1n) is 7.04. The highest BCUT2D eigenvalue weighted by Gasteiger charge is 2.26. The number of rotatable bonds is 2. The Balaban J connectivity index is 1.91. The summed E-state index contributed by atoms with van der Waals surface area (Å²) in [6.45, 7) is 7.25. The van der Waals surface area contributed by atoms with Gasteiger partial charge in [0.25, 0.3) is 0 Å². The maximum Gasteiger partial charge on any atom is 0.407 e. The molecule has 0 aliphatic carbocycles. The van der Waals surface area contributed by atoms with Gasteiger partial charge in [-0.25, -0.2) is 4.79 Å². The Morgan fingerprint density at radius 1 is 1.48 bits per heavy atom. The third-order valence-electron chi connectivity index (χ3n) is 3.26. The third kappa shape index (κ3) is 4.52. The molecule has 0 aromatic heterocycles. The molecule has 116 valence electrons. The van der Waals surface area contributed by atoms with E-state index in [4.69, 9.17) is 10.5 Å². The summed E-state index contributed by atoms with van der Waals surface area (Å²) in [5.41, 5.74) is 7.16. The van der Waals surface area contributed by atoms with Crippen LogP contribution in [0.1, 0.15) is 27.2 Å². The van der Waals surface area contributed by atoms with Crippen molar-refractivity contribution < 1.29 is 9.53 Å². The molecule has 6 heteroatoms. The van der Waals surface area contributed by atoms with Crippen molar-refractivity contribution in [3.8, 4) is 0 Å². The number of hydrogen-bond donors (Lipinski definition) is 2. The number of halogens is 1. The summed E-state index contributed by atoms with van der Waals surface area (Å²) in [6.07, 6.45) is 0.550. The average molecular weight is 356 g/mol. The van der Waals surface area contributed by atoms with Crippen molar-refractivity contribution in [2.45, 2.75) is 38.8 Å². The van der Waals surface area contributed by atoms with Gasteiger partial charge in [0.05, 0.1) is 6.04 Å². The van der Waals surface area contributed by atoms with Gasteiger partial charge < -0.3 is 20.7 Å². The van der Waals surface area contributed by atoms with Gasteiger partial charge in [-0.15, -0.1) is 0 Å². The van der Waals surface area contributed by atoms with Crippen LogP contribution in [0.2, 0.25) is 0 Å². The highest BCUT2D eigenvalue weighted by atomic mass is 79.9. The van der Waals surface area contributed by atoms with E-state index in [0.717, 1.165) is 35.4 Å². The average Bonchev–Trinajstić information content (AvgIpc) is 2.78. The number of nitrogens with two attached hydrogens (primary N) is 1. The van der Waals surface area contributed by atoms with Gasteiger partial charge in [0, 0.05) is 28.9 Å². The summed E-state index contributed by atoms with van der Waals surface area (Å²) in [5.74, 6) is 0. The fourth-order valence-corrected chi connectivity index (χ4v) is 2.67. The molecule has 0 radical (unpaired) electrons. The van der Waals surface area contributed by atoms with E-state index in [-0.39, 0.29) is 12.1 Å². The van der Waals surface area contributed by atoms with Crippen molar-refractivity contribution in [2.24, 2.45) is 0 Å². The number of carbonyl (C=O) groups excluding carboxylic acids is 1. The fraction of sp³-hybridized carbons (Fsp3) is 0.533. The summed E-state index contributed by atoms with van der Waals surface area (Å²) in [4.78, 5) is 14.0. The predicted octanol–water partition coefficient (Wildman–Crippen LogP) is 3.13. The minimum atomic E-state index is -0.468. The lowest BCUT2D eigenvalue weighted by Crippen LogP contribution is -2.40. The van der Waals surface area contributed by atoms with E-state index in [0.29, 0.717) is 0 Å². The van der Waals surface area contributed by atoms with Crippen LogP contribution >= 0.6 is 15.9 Å². The Labute approximate surface area is 134 Å². The van der Waals surface area contributed by atoms with E-state index < -0.39 is 5.60 Å². The second-order valence-electron chi connectivity index (χ2n) is 6.28. The highest BCUT2D eigenvalue weighted by molar-refractivity contribution is 9.10. The maximum atomic E-state index is 11.8. The highest BCUT2D eigenvalue weighted by Crippen LogP contribution is 2.28. The predicted molar refractivity (Wildman–Crippen MR) is 88.5 cm³/mol. The maximum absolute atomic E-state index is 11.8. The number of nitrogens with one attached hydrogen (secondary N) is 1. The van der Waals surface area contributed by atoms with E-state index in [9.17, 15) is 4.79 Å². The molecule has 1 saturated heterocycles. The first kappa shape index (κ1) is 15.9. The molecule has 0 spiro atoms. The lowest BCUT2D eigenvalue weighted by Gasteiger charge is -2.22. The number of anilines is 2. The van der Waals surface area contributed by atoms with Crippen molar-refractivity contribution in [1.82, 2.24) is 5.32 Å². The summed E-state index contributed by atoms with van der Waals surface area (Å²) in [7, 11) is 0. The largest absolute Gasteiger partial charge is 0.444 e. The van der Waals surface area contributed by atoms with Gasteiger partial charge in [-0.2, -0.15) is 0 Å². The van der Waals surface area contributed by atoms with E-state index in [1.165, 1.54) is 0 Å². The van der Waals surface area contributed by atoms with Crippen LogP contribution in [0.3, 0.4) is 0 Å². The fourth-order valence-electron chi connectivity index (χ4n) is 2.30. The zero-order chi connectivity index (χ0) is 15.6. The molecule has 1 heterocycles. The SMILES string of the molecule is CC(C)(C)OC(=O)N[C@H]1CCN(c2ccc(N)c(Br)c2)C1. The number of amides is 1. The molecule has 5 nitrogen and oxygen atoms in total. The van der Waals surface area contributed by atoms with E-state index >= 15 is 0 Å². The molecule has 1 amide bonds. The molecule has 0 saturated carbocycles. The van der Waals surface area contributed by atoms with Crippen molar-refractivity contribution in [3.05, 3.63) is 22.7 Å². The smallest absolute Gasteiger partial charge is 0.407 e. The molecule has 1 aliphatic rings. The molecule has 1 aliphatic heterocycles. The monoisotopic (exact) mass is 355 g/mol. The molecule has 1 atom stereocenters. The zero-order valence-electron chi connectivity index (χ0n) is 12.6. The molecule has 1 aromatic rings. The van der Waals surface area contributed by atoms with Crippen LogP contribution in [0, 0.1) is 0 Å². The first-order chi connectivity index (χ1) is 9.74. The summed E-state index contributed by atoms with van der Waals surface area (Å²) in [5, 5.41) is 2.92. The van der Waals surface area contributed by atoms with Gasteiger partial charge in [0.15, 0.2) is 0 Å². The normalized spacial score (nSPS) is 18.7. The molecule has 1 aromatic carbocycles. The lowest BCUT2D eigenvalue weighted by atomic mass is 10.2. The van der Waals surface area contributed by atoms with E-state index in [1.54, 1.807) is 0 Å². The van der Waals surface area contributed by atoms with Crippen LogP contribution in [0.15, 0.2) is 22.7 Å². The Morgan fingerprint density at radius 2 is 2.19 bits per heavy atom. The Morgan fingerprint density at radius 3 is 2.81 bits per heavy atom. The molecular weight excluding hydrogens is 334 g/mol. The zero-order valence-corrected chi connectivity index (χ0v) is 14.2. The lowest BCUT2D eigenvalue weighted by molar-refractivity contribution is 0.0509. The van der Waals surface area contributed by atoms with E-state index in [1.807, 2.05) is 39.0 Å².